The number of benzene rings is 3. The van der Waals surface area contributed by atoms with Crippen LogP contribution in [0.3, 0.4) is 0 Å². The normalized spacial score (nSPS) is 12.2. The first-order valence-electron chi connectivity index (χ1n) is 7.85. The third-order valence-corrected chi connectivity index (χ3v) is 4.11. The summed E-state index contributed by atoms with van der Waals surface area (Å²) in [5.41, 5.74) is 1.57. The summed E-state index contributed by atoms with van der Waals surface area (Å²) in [4.78, 5) is 0. The van der Waals surface area contributed by atoms with Crippen LogP contribution in [-0.2, 0) is 6.42 Å². The number of halogens is 2. The molecule has 0 fully saturated rings. The molecule has 122 valence electrons. The van der Waals surface area contributed by atoms with Crippen molar-refractivity contribution in [3.63, 3.8) is 0 Å². The highest BCUT2D eigenvalue weighted by Gasteiger charge is 2.12. The van der Waals surface area contributed by atoms with Crippen LogP contribution in [0, 0.1) is 0 Å². The first-order valence-corrected chi connectivity index (χ1v) is 7.85. The Hall–Kier alpha value is -2.68. The molecule has 1 nitrogen and oxygen atoms in total. The highest BCUT2D eigenvalue weighted by molar-refractivity contribution is 5.90. The van der Waals surface area contributed by atoms with Gasteiger partial charge in [-0.1, -0.05) is 49.4 Å². The molecule has 0 saturated carbocycles. The molecule has 24 heavy (non-hydrogen) atoms. The second kappa shape index (κ2) is 6.83. The maximum absolute atomic E-state index is 14.6. The van der Waals surface area contributed by atoms with E-state index in [-0.39, 0.29) is 11.1 Å². The van der Waals surface area contributed by atoms with Crippen molar-refractivity contribution in [2.24, 2.45) is 0 Å². The highest BCUT2D eigenvalue weighted by atomic mass is 19.2. The van der Waals surface area contributed by atoms with Crippen molar-refractivity contribution in [1.82, 2.24) is 0 Å². The van der Waals surface area contributed by atoms with Crippen LogP contribution in [-0.4, -0.2) is 7.11 Å². The molecule has 0 aliphatic rings. The van der Waals surface area contributed by atoms with Crippen LogP contribution in [0.15, 0.2) is 60.7 Å². The lowest BCUT2D eigenvalue weighted by Gasteiger charge is -2.06. The molecule has 0 N–H and O–H groups in total. The standard InChI is InChI=1S/C21H18F2O/c1-3-14-4-6-15(7-5-14)20(22)21(23)18-9-8-17-13-19(24-2)11-10-16(17)12-18/h4-13H,3H2,1-2H3. The molecule has 0 aliphatic carbocycles. The molecule has 0 saturated heterocycles. The Kier molecular flexibility index (Phi) is 4.61. The molecule has 3 aromatic carbocycles. The molecular weight excluding hydrogens is 306 g/mol. The maximum Gasteiger partial charge on any atom is 0.166 e. The van der Waals surface area contributed by atoms with Crippen LogP contribution < -0.4 is 4.74 Å². The number of aryl methyl sites for hydroxylation is 1. The lowest BCUT2D eigenvalue weighted by Crippen LogP contribution is -1.87. The summed E-state index contributed by atoms with van der Waals surface area (Å²) >= 11 is 0. The fraction of sp³-hybridized carbons (Fsp3) is 0.143. The van der Waals surface area contributed by atoms with E-state index in [0.29, 0.717) is 0 Å². The lowest BCUT2D eigenvalue weighted by atomic mass is 10.0. The third kappa shape index (κ3) is 3.16. The van der Waals surface area contributed by atoms with E-state index in [2.05, 4.69) is 0 Å². The number of hydrogen-bond donors (Lipinski definition) is 0. The van der Waals surface area contributed by atoms with Gasteiger partial charge in [0.1, 0.15) is 5.75 Å². The van der Waals surface area contributed by atoms with Crippen molar-refractivity contribution in [2.45, 2.75) is 13.3 Å². The van der Waals surface area contributed by atoms with Gasteiger partial charge < -0.3 is 4.74 Å². The zero-order chi connectivity index (χ0) is 17.1. The lowest BCUT2D eigenvalue weighted by molar-refractivity contribution is 0.415. The zero-order valence-corrected chi connectivity index (χ0v) is 13.6. The van der Waals surface area contributed by atoms with Crippen LogP contribution >= 0.6 is 0 Å². The van der Waals surface area contributed by atoms with E-state index >= 15 is 0 Å². The average molecular weight is 324 g/mol. The molecule has 0 bridgehead atoms. The van der Waals surface area contributed by atoms with Crippen molar-refractivity contribution in [3.8, 4) is 5.75 Å². The van der Waals surface area contributed by atoms with E-state index in [1.807, 2.05) is 31.2 Å². The summed E-state index contributed by atoms with van der Waals surface area (Å²) in [6.45, 7) is 2.02. The van der Waals surface area contributed by atoms with E-state index in [9.17, 15) is 8.78 Å². The number of ether oxygens (including phenoxy) is 1. The topological polar surface area (TPSA) is 9.23 Å². The van der Waals surface area contributed by atoms with Gasteiger partial charge in [0.2, 0.25) is 0 Å². The number of hydrogen-bond acceptors (Lipinski definition) is 1. The van der Waals surface area contributed by atoms with Gasteiger partial charge in [0.05, 0.1) is 7.11 Å². The minimum Gasteiger partial charge on any atom is -0.497 e. The van der Waals surface area contributed by atoms with E-state index in [0.717, 1.165) is 28.5 Å². The van der Waals surface area contributed by atoms with Crippen molar-refractivity contribution in [2.75, 3.05) is 7.11 Å². The molecule has 3 heteroatoms. The van der Waals surface area contributed by atoms with Crippen LogP contribution in [0.4, 0.5) is 8.78 Å². The van der Waals surface area contributed by atoms with Gasteiger partial charge in [-0.15, -0.1) is 0 Å². The van der Waals surface area contributed by atoms with Gasteiger partial charge in [-0.25, -0.2) is 8.78 Å². The maximum atomic E-state index is 14.6. The number of fused-ring (bicyclic) bond motifs is 1. The fourth-order valence-corrected chi connectivity index (χ4v) is 2.63. The third-order valence-electron chi connectivity index (χ3n) is 4.11. The highest BCUT2D eigenvalue weighted by Crippen LogP contribution is 2.31. The minimum atomic E-state index is -0.850. The van der Waals surface area contributed by atoms with Crippen molar-refractivity contribution in [1.29, 1.82) is 0 Å². The van der Waals surface area contributed by atoms with Crippen molar-refractivity contribution >= 4 is 22.4 Å². The molecule has 0 aliphatic heterocycles. The molecule has 3 rings (SSSR count). The van der Waals surface area contributed by atoms with E-state index in [1.165, 1.54) is 0 Å². The van der Waals surface area contributed by atoms with Crippen molar-refractivity contribution in [3.05, 3.63) is 77.4 Å². The molecular formula is C21H18F2O. The quantitative estimate of drug-likeness (QED) is 0.521. The first-order chi connectivity index (χ1) is 11.6. The fourth-order valence-electron chi connectivity index (χ4n) is 2.63. The molecule has 0 heterocycles. The monoisotopic (exact) mass is 324 g/mol. The largest absolute Gasteiger partial charge is 0.497 e. The second-order valence-electron chi connectivity index (χ2n) is 5.61. The van der Waals surface area contributed by atoms with Gasteiger partial charge in [0, 0.05) is 11.1 Å². The van der Waals surface area contributed by atoms with Gasteiger partial charge in [-0.2, -0.15) is 0 Å². The summed E-state index contributed by atoms with van der Waals surface area (Å²) < 4.78 is 34.2. The minimum absolute atomic E-state index is 0.227. The summed E-state index contributed by atoms with van der Waals surface area (Å²) in [5, 5.41) is 1.75. The SMILES string of the molecule is CCc1ccc(C(F)=C(F)c2ccc3cc(OC)ccc3c2)cc1. The molecule has 0 spiro atoms. The summed E-state index contributed by atoms with van der Waals surface area (Å²) in [6, 6.07) is 17.3. The molecule has 3 aromatic rings. The molecule has 0 unspecified atom stereocenters. The summed E-state index contributed by atoms with van der Waals surface area (Å²) in [6.07, 6.45) is 0.863. The molecule has 0 atom stereocenters. The molecule has 0 radical (unpaired) electrons. The van der Waals surface area contributed by atoms with Gasteiger partial charge in [-0.05, 0) is 41.0 Å². The van der Waals surface area contributed by atoms with Crippen molar-refractivity contribution < 1.29 is 13.5 Å². The smallest absolute Gasteiger partial charge is 0.166 e. The Labute approximate surface area is 140 Å². The Morgan fingerprint density at radius 1 is 0.792 bits per heavy atom. The Bertz CT molecular complexity index is 895. The van der Waals surface area contributed by atoms with Crippen LogP contribution in [0.1, 0.15) is 23.6 Å². The first kappa shape index (κ1) is 16.2. The molecule has 0 aromatic heterocycles. The van der Waals surface area contributed by atoms with Gasteiger partial charge in [0.15, 0.2) is 11.7 Å². The number of rotatable bonds is 4. The molecule has 0 amide bonds. The van der Waals surface area contributed by atoms with Crippen LogP contribution in [0.5, 0.6) is 5.75 Å². The van der Waals surface area contributed by atoms with Gasteiger partial charge >= 0.3 is 0 Å². The average Bonchev–Trinajstić information content (AvgIpc) is 2.66. The van der Waals surface area contributed by atoms with E-state index in [1.54, 1.807) is 43.5 Å². The van der Waals surface area contributed by atoms with Gasteiger partial charge in [-0.3, -0.25) is 0 Å². The van der Waals surface area contributed by atoms with Gasteiger partial charge in [0.25, 0.3) is 0 Å². The Morgan fingerprint density at radius 2 is 1.38 bits per heavy atom. The van der Waals surface area contributed by atoms with E-state index in [4.69, 9.17) is 4.74 Å². The second-order valence-corrected chi connectivity index (χ2v) is 5.61. The summed E-state index contributed by atoms with van der Waals surface area (Å²) in [7, 11) is 1.59. The van der Waals surface area contributed by atoms with Crippen LogP contribution in [0.25, 0.3) is 22.4 Å². The van der Waals surface area contributed by atoms with E-state index < -0.39 is 11.7 Å². The van der Waals surface area contributed by atoms with Crippen LogP contribution in [0.2, 0.25) is 0 Å². The predicted molar refractivity (Wildman–Crippen MR) is 95.4 cm³/mol. The number of methoxy groups -OCH3 is 1. The Morgan fingerprint density at radius 3 is 2.04 bits per heavy atom. The summed E-state index contributed by atoms with van der Waals surface area (Å²) in [5.74, 6) is -0.962. The Balaban J connectivity index is 2.00. The predicted octanol–water partition coefficient (Wildman–Crippen LogP) is 6.18. The zero-order valence-electron chi connectivity index (χ0n) is 13.6.